The van der Waals surface area contributed by atoms with E-state index < -0.39 is 22.8 Å². The van der Waals surface area contributed by atoms with Crippen molar-refractivity contribution < 1.29 is 29.1 Å². The van der Waals surface area contributed by atoms with Gasteiger partial charge in [-0.15, -0.1) is 0 Å². The molecule has 0 saturated carbocycles. The Morgan fingerprint density at radius 2 is 1.94 bits per heavy atom. The van der Waals surface area contributed by atoms with Crippen molar-refractivity contribution in [3.63, 3.8) is 0 Å². The van der Waals surface area contributed by atoms with Gasteiger partial charge in [0.05, 0.1) is 39.6 Å². The van der Waals surface area contributed by atoms with E-state index >= 15 is 0 Å². The second-order valence-corrected chi connectivity index (χ2v) is 8.07. The van der Waals surface area contributed by atoms with E-state index in [-0.39, 0.29) is 29.0 Å². The number of carbonyl (C=O) groups excluding carboxylic acids is 2. The number of H-pyrrole nitrogens is 1. The highest BCUT2D eigenvalue weighted by molar-refractivity contribution is 5.92. The van der Waals surface area contributed by atoms with Crippen LogP contribution in [0.5, 0.6) is 11.5 Å². The molecule has 4 rings (SSSR count). The van der Waals surface area contributed by atoms with E-state index in [9.17, 15) is 24.8 Å². The molecule has 2 N–H and O–H groups in total. The van der Waals surface area contributed by atoms with Gasteiger partial charge < -0.3 is 19.6 Å². The van der Waals surface area contributed by atoms with Gasteiger partial charge in [0.1, 0.15) is 17.0 Å². The van der Waals surface area contributed by atoms with Crippen LogP contribution in [0.25, 0.3) is 6.08 Å². The first-order valence-electron chi connectivity index (χ1n) is 11.1. The number of nitro benzene ring substituents is 1. The van der Waals surface area contributed by atoms with Crippen LogP contribution in [0, 0.1) is 10.1 Å². The average Bonchev–Trinajstić information content (AvgIpc) is 3.13. The molecule has 1 atom stereocenters. The molecule has 0 amide bonds. The number of non-ortho nitro benzene ring substituents is 1. The van der Waals surface area contributed by atoms with Crippen molar-refractivity contribution in [3.8, 4) is 11.5 Å². The molecule has 1 aliphatic heterocycles. The van der Waals surface area contributed by atoms with Crippen molar-refractivity contribution in [2.24, 2.45) is 4.99 Å². The van der Waals surface area contributed by atoms with Crippen molar-refractivity contribution in [2.45, 2.75) is 26.7 Å². The third kappa shape index (κ3) is 4.74. The van der Waals surface area contributed by atoms with Crippen LogP contribution < -0.4 is 15.6 Å². The zero-order valence-electron chi connectivity index (χ0n) is 19.8. The van der Waals surface area contributed by atoms with Crippen LogP contribution in [0.2, 0.25) is 0 Å². The summed E-state index contributed by atoms with van der Waals surface area (Å²) in [6.07, 6.45) is 1.57. The van der Waals surface area contributed by atoms with Gasteiger partial charge >= 0.3 is 11.9 Å². The topological polar surface area (TPSA) is 144 Å². The molecule has 1 aromatic heterocycles. The van der Waals surface area contributed by atoms with Gasteiger partial charge in [-0.25, -0.2) is 9.79 Å². The van der Waals surface area contributed by atoms with Crippen LogP contribution in [0.15, 0.2) is 64.8 Å². The summed E-state index contributed by atoms with van der Waals surface area (Å²) in [5.41, 5.74) is 2.44. The van der Waals surface area contributed by atoms with Crippen molar-refractivity contribution in [2.75, 3.05) is 6.61 Å². The molecule has 0 spiro atoms. The highest BCUT2D eigenvalue weighted by Crippen LogP contribution is 2.38. The zero-order valence-corrected chi connectivity index (χ0v) is 19.8. The number of aromatic hydroxyl groups is 1. The number of hydrogen-bond acceptors (Lipinski definition) is 8. The van der Waals surface area contributed by atoms with Gasteiger partial charge in [0.15, 0.2) is 0 Å². The van der Waals surface area contributed by atoms with Crippen molar-refractivity contribution in [1.82, 2.24) is 4.98 Å². The molecule has 0 aliphatic carbocycles. The Bertz CT molecular complexity index is 1520. The summed E-state index contributed by atoms with van der Waals surface area (Å²) < 4.78 is 10.4. The fourth-order valence-electron chi connectivity index (χ4n) is 4.16. The molecule has 2 heterocycles. The third-order valence-electron chi connectivity index (χ3n) is 5.63. The minimum absolute atomic E-state index is 0.0860. The minimum atomic E-state index is -0.730. The first kappa shape index (κ1) is 24.4. The molecule has 10 nitrogen and oxygen atoms in total. The minimum Gasteiger partial charge on any atom is -0.505 e. The van der Waals surface area contributed by atoms with E-state index in [1.807, 2.05) is 0 Å². The Kier molecular flexibility index (Phi) is 6.69. The summed E-state index contributed by atoms with van der Waals surface area (Å²) in [6, 6.07) is 12.6. The number of aromatic nitrogens is 1. The van der Waals surface area contributed by atoms with E-state index in [0.29, 0.717) is 33.6 Å². The van der Waals surface area contributed by atoms with E-state index in [1.165, 1.54) is 19.1 Å². The molecule has 36 heavy (non-hydrogen) atoms. The van der Waals surface area contributed by atoms with E-state index in [4.69, 9.17) is 9.47 Å². The number of hydrogen-bond donors (Lipinski definition) is 2. The lowest BCUT2D eigenvalue weighted by atomic mass is 9.83. The fourth-order valence-corrected chi connectivity index (χ4v) is 4.16. The van der Waals surface area contributed by atoms with Gasteiger partial charge in [0, 0.05) is 19.1 Å². The molecule has 10 heteroatoms. The first-order valence-corrected chi connectivity index (χ1v) is 11.1. The maximum Gasteiger partial charge on any atom is 0.336 e. The number of nitrogens with one attached hydrogen (secondary N) is 1. The molecule has 0 saturated heterocycles. The van der Waals surface area contributed by atoms with Crippen LogP contribution in [0.3, 0.4) is 0 Å². The van der Waals surface area contributed by atoms with E-state index in [2.05, 4.69) is 9.98 Å². The number of benzene rings is 2. The molecule has 3 aromatic rings. The maximum atomic E-state index is 13.0. The Labute approximate surface area is 205 Å². The molecule has 0 radical (unpaired) electrons. The molecule has 1 aliphatic rings. The Balaban J connectivity index is 1.89. The third-order valence-corrected chi connectivity index (χ3v) is 5.63. The van der Waals surface area contributed by atoms with E-state index in [1.54, 1.807) is 56.3 Å². The summed E-state index contributed by atoms with van der Waals surface area (Å²) in [5.74, 6) is -1.57. The molecule has 184 valence electrons. The number of allylic oxidation sites excluding steroid dienone is 1. The van der Waals surface area contributed by atoms with E-state index in [0.717, 1.165) is 0 Å². The number of esters is 2. The number of nitro groups is 1. The fraction of sp³-hybridized carbons (Fsp3) is 0.192. The van der Waals surface area contributed by atoms with Gasteiger partial charge in [0.2, 0.25) is 0 Å². The molecule has 0 bridgehead atoms. The molecular weight excluding hydrogens is 466 g/mol. The lowest BCUT2D eigenvalue weighted by Gasteiger charge is -2.23. The van der Waals surface area contributed by atoms with Gasteiger partial charge in [-0.05, 0) is 43.2 Å². The first-order chi connectivity index (χ1) is 17.2. The van der Waals surface area contributed by atoms with Gasteiger partial charge in [-0.3, -0.25) is 14.9 Å². The summed E-state index contributed by atoms with van der Waals surface area (Å²) >= 11 is 0. The summed E-state index contributed by atoms with van der Waals surface area (Å²) in [4.78, 5) is 42.5. The smallest absolute Gasteiger partial charge is 0.336 e. The highest BCUT2D eigenvalue weighted by atomic mass is 16.6. The quantitative estimate of drug-likeness (QED) is 0.234. The molecule has 2 aromatic carbocycles. The van der Waals surface area contributed by atoms with Gasteiger partial charge in [-0.1, -0.05) is 24.3 Å². The number of nitrogens with zero attached hydrogens (tertiary/aromatic N) is 2. The van der Waals surface area contributed by atoms with Crippen LogP contribution in [0.4, 0.5) is 5.69 Å². The van der Waals surface area contributed by atoms with Crippen LogP contribution in [-0.4, -0.2) is 33.6 Å². The summed E-state index contributed by atoms with van der Waals surface area (Å²) in [6.45, 7) is 4.83. The molecular formula is C26H23N3O7. The SMILES string of the molecule is CCOC(=O)C1=C(C)N=c2[nH]c(=Cc3cccc([N+](=O)[O-])c3)c(O)c2C1c1ccc(OC(C)=O)cc1. The number of fused-ring (bicyclic) bond motifs is 1. The predicted molar refractivity (Wildman–Crippen MR) is 129 cm³/mol. The lowest BCUT2D eigenvalue weighted by molar-refractivity contribution is -0.384. The standard InChI is InChI=1S/C26H23N3O7/c1-4-35-26(32)21-14(2)27-25-23(22(21)17-8-10-19(11-9-17)36-15(3)30)24(31)20(28-25)13-16-6-5-7-18(12-16)29(33)34/h5-13,22,31H,4H2,1-3H3,(H,27,28). The van der Waals surface area contributed by atoms with Crippen LogP contribution >= 0.6 is 0 Å². The average molecular weight is 489 g/mol. The Hall–Kier alpha value is -4.73. The van der Waals surface area contributed by atoms with Crippen LogP contribution in [-0.2, 0) is 14.3 Å². The van der Waals surface area contributed by atoms with Gasteiger partial charge in [-0.2, -0.15) is 0 Å². The Morgan fingerprint density at radius 3 is 2.58 bits per heavy atom. The van der Waals surface area contributed by atoms with Gasteiger partial charge in [0.25, 0.3) is 5.69 Å². The largest absolute Gasteiger partial charge is 0.505 e. The molecule has 1 unspecified atom stereocenters. The number of ether oxygens (including phenoxy) is 2. The molecule has 0 fully saturated rings. The monoisotopic (exact) mass is 489 g/mol. The highest BCUT2D eigenvalue weighted by Gasteiger charge is 2.35. The number of rotatable bonds is 6. The zero-order chi connectivity index (χ0) is 26.0. The van der Waals surface area contributed by atoms with Crippen molar-refractivity contribution in [3.05, 3.63) is 97.4 Å². The maximum absolute atomic E-state index is 13.0. The normalized spacial score (nSPS) is 15.2. The lowest BCUT2D eigenvalue weighted by Crippen LogP contribution is -2.26. The Morgan fingerprint density at radius 1 is 1.22 bits per heavy atom. The van der Waals surface area contributed by atoms with Crippen molar-refractivity contribution in [1.29, 1.82) is 0 Å². The van der Waals surface area contributed by atoms with Crippen molar-refractivity contribution >= 4 is 23.7 Å². The predicted octanol–water partition coefficient (Wildman–Crippen LogP) is 2.98. The number of carbonyl (C=O) groups is 2. The summed E-state index contributed by atoms with van der Waals surface area (Å²) in [7, 11) is 0. The van der Waals surface area contributed by atoms with Crippen LogP contribution in [0.1, 0.15) is 43.4 Å². The summed E-state index contributed by atoms with van der Waals surface area (Å²) in [5, 5.41) is 22.7. The second-order valence-electron chi connectivity index (χ2n) is 8.07. The number of aromatic amines is 1. The second kappa shape index (κ2) is 9.87.